The Bertz CT molecular complexity index is 2160. The Morgan fingerprint density at radius 1 is 0.739 bits per heavy atom. The van der Waals surface area contributed by atoms with Gasteiger partial charge in [0.2, 0.25) is 0 Å². The first kappa shape index (κ1) is 28.8. The summed E-state index contributed by atoms with van der Waals surface area (Å²) in [7, 11) is 0. The Morgan fingerprint density at radius 2 is 1.48 bits per heavy atom. The third kappa shape index (κ3) is 4.57. The highest BCUT2D eigenvalue weighted by Gasteiger charge is 2.38. The molecule has 0 spiro atoms. The lowest BCUT2D eigenvalue weighted by molar-refractivity contribution is 0.475. The molecule has 2 aromatic heterocycles. The van der Waals surface area contributed by atoms with E-state index in [1.165, 1.54) is 47.2 Å². The van der Waals surface area contributed by atoms with E-state index in [1.54, 1.807) is 0 Å². The van der Waals surface area contributed by atoms with Crippen LogP contribution in [0.3, 0.4) is 0 Å². The zero-order valence-corrected chi connectivity index (χ0v) is 27.6. The third-order valence-electron chi connectivity index (χ3n) is 10.3. The highest BCUT2D eigenvalue weighted by Crippen LogP contribution is 2.52. The lowest BCUT2D eigenvalue weighted by Crippen LogP contribution is -2.11. The largest absolute Gasteiger partial charge is 0.507 e. The number of phenols is 1. The molecule has 0 radical (unpaired) electrons. The normalized spacial score (nSPS) is 17.2. The number of fused-ring (bicyclic) bond motifs is 6. The van der Waals surface area contributed by atoms with Gasteiger partial charge in [-0.1, -0.05) is 80.9 Å². The van der Waals surface area contributed by atoms with Crippen LogP contribution < -0.4 is 0 Å². The lowest BCUT2D eigenvalue weighted by atomic mass is 9.86. The van der Waals surface area contributed by atoms with Crippen molar-refractivity contribution in [2.24, 2.45) is 0 Å². The number of aromatic nitrogens is 3. The fourth-order valence-corrected chi connectivity index (χ4v) is 8.12. The number of hydrogen-bond donors (Lipinski definition) is 1. The summed E-state index contributed by atoms with van der Waals surface area (Å²) in [6.07, 6.45) is 3.86. The van der Waals surface area contributed by atoms with Gasteiger partial charge in [0.05, 0.1) is 28.0 Å². The summed E-state index contributed by atoms with van der Waals surface area (Å²) >= 11 is 0. The van der Waals surface area contributed by atoms with E-state index < -0.39 is 0 Å². The van der Waals surface area contributed by atoms with Crippen LogP contribution in [0, 0.1) is 20.8 Å². The first-order valence-corrected chi connectivity index (χ1v) is 16.6. The molecule has 4 aromatic carbocycles. The number of para-hydroxylation sites is 1. The highest BCUT2D eigenvalue weighted by molar-refractivity contribution is 5.96. The van der Waals surface area contributed by atoms with Crippen molar-refractivity contribution >= 4 is 11.0 Å². The van der Waals surface area contributed by atoms with Crippen molar-refractivity contribution in [1.29, 1.82) is 0 Å². The molecule has 2 heterocycles. The minimum Gasteiger partial charge on any atom is -0.507 e. The molecule has 2 bridgehead atoms. The van der Waals surface area contributed by atoms with Gasteiger partial charge in [-0.3, -0.25) is 9.55 Å². The summed E-state index contributed by atoms with van der Waals surface area (Å²) < 4.78 is 2.26. The first-order valence-electron chi connectivity index (χ1n) is 16.6. The van der Waals surface area contributed by atoms with Crippen LogP contribution >= 0.6 is 0 Å². The number of hydrogen-bond acceptors (Lipinski definition) is 3. The van der Waals surface area contributed by atoms with Crippen molar-refractivity contribution in [3.05, 3.63) is 118 Å². The van der Waals surface area contributed by atoms with Gasteiger partial charge in [0.15, 0.2) is 0 Å². The number of pyridine rings is 1. The van der Waals surface area contributed by atoms with Crippen LogP contribution in [0.4, 0.5) is 0 Å². The molecule has 6 aromatic rings. The smallest absolute Gasteiger partial charge is 0.149 e. The van der Waals surface area contributed by atoms with E-state index in [0.29, 0.717) is 11.8 Å². The molecule has 0 aliphatic heterocycles. The first-order chi connectivity index (χ1) is 22.1. The van der Waals surface area contributed by atoms with Crippen molar-refractivity contribution in [2.45, 2.75) is 78.1 Å². The Morgan fingerprint density at radius 3 is 2.26 bits per heavy atom. The van der Waals surface area contributed by atoms with Crippen molar-refractivity contribution in [2.75, 3.05) is 0 Å². The molecule has 1 fully saturated rings. The maximum absolute atomic E-state index is 11.3. The van der Waals surface area contributed by atoms with Crippen molar-refractivity contribution < 1.29 is 5.11 Å². The van der Waals surface area contributed by atoms with Crippen LogP contribution in [-0.2, 0) is 5.41 Å². The van der Waals surface area contributed by atoms with Gasteiger partial charge in [-0.15, -0.1) is 0 Å². The van der Waals surface area contributed by atoms with Gasteiger partial charge >= 0.3 is 0 Å². The van der Waals surface area contributed by atoms with E-state index in [-0.39, 0.29) is 11.2 Å². The molecule has 2 aliphatic carbocycles. The summed E-state index contributed by atoms with van der Waals surface area (Å²) in [5.41, 5.74) is 15.5. The third-order valence-corrected chi connectivity index (χ3v) is 10.3. The second-order valence-electron chi connectivity index (χ2n) is 14.6. The summed E-state index contributed by atoms with van der Waals surface area (Å²) in [5, 5.41) is 11.3. The molecule has 1 N–H and O–H groups in total. The van der Waals surface area contributed by atoms with Gasteiger partial charge in [-0.2, -0.15) is 0 Å². The Kier molecular flexibility index (Phi) is 6.51. The van der Waals surface area contributed by atoms with Gasteiger partial charge in [0.1, 0.15) is 11.6 Å². The fourth-order valence-electron chi connectivity index (χ4n) is 8.12. The summed E-state index contributed by atoms with van der Waals surface area (Å²) in [4.78, 5) is 10.6. The molecule has 1 saturated carbocycles. The van der Waals surface area contributed by atoms with Gasteiger partial charge in [0, 0.05) is 22.7 Å². The SMILES string of the molecule is Cc1cc(C)c(-n2c(-c3cc(C(C)(C)C)ccc3O)nc3c(-c4cccc(-c5ccc6c(n5)C5CCC6C5)c4)cccc32)c(C)c1. The topological polar surface area (TPSA) is 50.9 Å². The van der Waals surface area contributed by atoms with Crippen molar-refractivity contribution in [1.82, 2.24) is 14.5 Å². The van der Waals surface area contributed by atoms with Crippen LogP contribution in [0.25, 0.3) is 50.5 Å². The van der Waals surface area contributed by atoms with Crippen LogP contribution in [0.1, 0.15) is 85.4 Å². The van der Waals surface area contributed by atoms with E-state index in [1.807, 2.05) is 12.1 Å². The number of imidazole rings is 1. The van der Waals surface area contributed by atoms with Crippen molar-refractivity contribution in [3.8, 4) is 45.2 Å². The highest BCUT2D eigenvalue weighted by atomic mass is 16.3. The Hall–Kier alpha value is -4.70. The zero-order valence-electron chi connectivity index (χ0n) is 27.6. The minimum absolute atomic E-state index is 0.0777. The van der Waals surface area contributed by atoms with E-state index in [9.17, 15) is 5.11 Å². The fraction of sp³-hybridized carbons (Fsp3) is 0.286. The average Bonchev–Trinajstić information content (AvgIpc) is 3.75. The summed E-state index contributed by atoms with van der Waals surface area (Å²) in [6.45, 7) is 13.1. The molecule has 230 valence electrons. The second-order valence-corrected chi connectivity index (χ2v) is 14.6. The molecule has 0 amide bonds. The second kappa shape index (κ2) is 10.4. The number of nitrogens with zero attached hydrogens (tertiary/aromatic N) is 3. The average molecular weight is 604 g/mol. The lowest BCUT2D eigenvalue weighted by Gasteiger charge is -2.21. The number of benzene rings is 4. The van der Waals surface area contributed by atoms with Crippen LogP contribution in [0.2, 0.25) is 0 Å². The van der Waals surface area contributed by atoms with Gasteiger partial charge in [-0.25, -0.2) is 4.98 Å². The molecule has 46 heavy (non-hydrogen) atoms. The van der Waals surface area contributed by atoms with Gasteiger partial charge < -0.3 is 5.11 Å². The standard InChI is InChI=1S/C42H41N3O/c1-24-19-25(2)40(26(3)20-24)45-36-12-8-11-32(39(36)44-41(45)34-23-31(42(4,5)6)15-18-37(34)46)27-9-7-10-29(21-27)35-17-16-33-28-13-14-30(22-28)38(33)43-35/h7-12,15-21,23,28,30,46H,13-14,22H2,1-6H3. The van der Waals surface area contributed by atoms with Crippen LogP contribution in [0.5, 0.6) is 5.75 Å². The van der Waals surface area contributed by atoms with E-state index in [2.05, 4.69) is 119 Å². The monoisotopic (exact) mass is 603 g/mol. The van der Waals surface area contributed by atoms with Crippen molar-refractivity contribution in [3.63, 3.8) is 0 Å². The number of rotatable bonds is 4. The Labute approximate surface area is 271 Å². The molecule has 0 saturated heterocycles. The molecular weight excluding hydrogens is 562 g/mol. The molecule has 4 nitrogen and oxygen atoms in total. The van der Waals surface area contributed by atoms with Crippen LogP contribution in [0.15, 0.2) is 84.9 Å². The van der Waals surface area contributed by atoms with E-state index >= 15 is 0 Å². The molecule has 2 atom stereocenters. The predicted octanol–water partition coefficient (Wildman–Crippen LogP) is 10.7. The van der Waals surface area contributed by atoms with Gasteiger partial charge in [0.25, 0.3) is 0 Å². The van der Waals surface area contributed by atoms with E-state index in [4.69, 9.17) is 9.97 Å². The molecule has 2 aliphatic rings. The summed E-state index contributed by atoms with van der Waals surface area (Å²) in [5.74, 6) is 2.31. The molecular formula is C42H41N3O. The quantitative estimate of drug-likeness (QED) is 0.218. The van der Waals surface area contributed by atoms with Crippen LogP contribution in [-0.4, -0.2) is 19.6 Å². The molecule has 4 heteroatoms. The number of aromatic hydroxyl groups is 1. The zero-order chi connectivity index (χ0) is 31.9. The maximum atomic E-state index is 11.3. The summed E-state index contributed by atoms with van der Waals surface area (Å²) in [6, 6.07) is 30.1. The molecule has 2 unspecified atom stereocenters. The molecule has 8 rings (SSSR count). The maximum Gasteiger partial charge on any atom is 0.149 e. The van der Waals surface area contributed by atoms with E-state index in [0.717, 1.165) is 56.1 Å². The number of phenolic OH excluding ortho intramolecular Hbond substituents is 1. The predicted molar refractivity (Wildman–Crippen MR) is 189 cm³/mol. The van der Waals surface area contributed by atoms with Gasteiger partial charge in [-0.05, 0) is 110 Å². The minimum atomic E-state index is -0.0777. The number of aryl methyl sites for hydroxylation is 3. The Balaban J connectivity index is 1.34.